The van der Waals surface area contributed by atoms with Crippen molar-refractivity contribution in [3.63, 3.8) is 0 Å². The average Bonchev–Trinajstić information content (AvgIpc) is 2.14. The van der Waals surface area contributed by atoms with Gasteiger partial charge in [0.1, 0.15) is 12.4 Å². The highest BCUT2D eigenvalue weighted by atomic mass is 16.5. The summed E-state index contributed by atoms with van der Waals surface area (Å²) >= 11 is 0. The normalized spacial score (nSPS) is 11.4. The molecular formula is C11H18N2O. The molecule has 0 aliphatic rings. The van der Waals surface area contributed by atoms with E-state index in [1.54, 1.807) is 6.20 Å². The molecule has 1 heterocycles. The molecule has 0 fully saturated rings. The fourth-order valence-electron chi connectivity index (χ4n) is 1.08. The number of rotatable bonds is 3. The predicted molar refractivity (Wildman–Crippen MR) is 57.5 cm³/mol. The molecule has 3 heteroatoms. The molecule has 0 aliphatic heterocycles. The van der Waals surface area contributed by atoms with Gasteiger partial charge in [-0.2, -0.15) is 0 Å². The Labute approximate surface area is 85.3 Å². The quantitative estimate of drug-likeness (QED) is 0.797. The smallest absolute Gasteiger partial charge is 0.137 e. The van der Waals surface area contributed by atoms with E-state index in [9.17, 15) is 0 Å². The summed E-state index contributed by atoms with van der Waals surface area (Å²) in [4.78, 5) is 4.14. The number of aromatic nitrogens is 1. The third-order valence-electron chi connectivity index (χ3n) is 1.97. The highest BCUT2D eigenvalue weighted by Crippen LogP contribution is 2.24. The number of nitrogens with zero attached hydrogens (tertiary/aromatic N) is 1. The van der Waals surface area contributed by atoms with Crippen molar-refractivity contribution >= 4 is 0 Å². The van der Waals surface area contributed by atoms with Crippen LogP contribution < -0.4 is 10.5 Å². The van der Waals surface area contributed by atoms with E-state index in [2.05, 4.69) is 25.8 Å². The molecular weight excluding hydrogens is 176 g/mol. The molecule has 0 radical (unpaired) electrons. The summed E-state index contributed by atoms with van der Waals surface area (Å²) in [6, 6.07) is 2.02. The summed E-state index contributed by atoms with van der Waals surface area (Å²) in [5.74, 6) is 0.794. The molecule has 14 heavy (non-hydrogen) atoms. The van der Waals surface area contributed by atoms with Crippen LogP contribution in [0.5, 0.6) is 5.75 Å². The van der Waals surface area contributed by atoms with Crippen LogP contribution in [0.15, 0.2) is 18.5 Å². The van der Waals surface area contributed by atoms with Crippen molar-refractivity contribution in [3.05, 3.63) is 24.0 Å². The van der Waals surface area contributed by atoms with E-state index >= 15 is 0 Å². The van der Waals surface area contributed by atoms with Crippen LogP contribution in [0.1, 0.15) is 26.3 Å². The van der Waals surface area contributed by atoms with Crippen molar-refractivity contribution in [1.82, 2.24) is 4.98 Å². The zero-order valence-electron chi connectivity index (χ0n) is 9.08. The first-order valence-electron chi connectivity index (χ1n) is 4.82. The lowest BCUT2D eigenvalue weighted by Gasteiger charge is -2.19. The lowest BCUT2D eigenvalue weighted by atomic mass is 9.88. The minimum absolute atomic E-state index is 0.106. The van der Waals surface area contributed by atoms with E-state index in [1.165, 1.54) is 5.56 Å². The van der Waals surface area contributed by atoms with Gasteiger partial charge in [0.25, 0.3) is 0 Å². The number of ether oxygens (including phenoxy) is 1. The molecule has 0 aromatic carbocycles. The van der Waals surface area contributed by atoms with E-state index in [0.717, 1.165) is 5.75 Å². The molecule has 0 amide bonds. The molecule has 1 aromatic rings. The Hall–Kier alpha value is -1.09. The molecule has 0 aliphatic carbocycles. The summed E-state index contributed by atoms with van der Waals surface area (Å²) in [5.41, 5.74) is 6.63. The van der Waals surface area contributed by atoms with Gasteiger partial charge in [-0.15, -0.1) is 0 Å². The van der Waals surface area contributed by atoms with Gasteiger partial charge in [-0.1, -0.05) is 20.8 Å². The lowest BCUT2D eigenvalue weighted by Crippen LogP contribution is -2.13. The zero-order valence-corrected chi connectivity index (χ0v) is 9.08. The van der Waals surface area contributed by atoms with Crippen molar-refractivity contribution in [2.24, 2.45) is 5.73 Å². The maximum atomic E-state index is 5.40. The first-order valence-corrected chi connectivity index (χ1v) is 4.82. The molecule has 3 nitrogen and oxygen atoms in total. The Morgan fingerprint density at radius 1 is 1.36 bits per heavy atom. The summed E-state index contributed by atoms with van der Waals surface area (Å²) in [6.45, 7) is 7.51. The van der Waals surface area contributed by atoms with Crippen LogP contribution in [0.3, 0.4) is 0 Å². The van der Waals surface area contributed by atoms with Crippen LogP contribution in [0.25, 0.3) is 0 Å². The molecule has 0 atom stereocenters. The van der Waals surface area contributed by atoms with Crippen molar-refractivity contribution in [3.8, 4) is 5.75 Å². The van der Waals surface area contributed by atoms with Gasteiger partial charge in [-0.05, 0) is 17.0 Å². The van der Waals surface area contributed by atoms with E-state index in [1.807, 2.05) is 12.3 Å². The van der Waals surface area contributed by atoms with Crippen LogP contribution in [-0.4, -0.2) is 18.1 Å². The standard InChI is InChI=1S/C11H18N2O/c1-11(2,3)9-6-10(8-13-7-9)14-5-4-12/h6-8H,4-5,12H2,1-3H3. The van der Waals surface area contributed by atoms with Gasteiger partial charge in [-0.3, -0.25) is 4.98 Å². The fourth-order valence-corrected chi connectivity index (χ4v) is 1.08. The molecule has 0 spiro atoms. The van der Waals surface area contributed by atoms with Crippen LogP contribution in [0.4, 0.5) is 0 Å². The maximum Gasteiger partial charge on any atom is 0.137 e. The predicted octanol–water partition coefficient (Wildman–Crippen LogP) is 1.72. The van der Waals surface area contributed by atoms with Gasteiger partial charge in [-0.25, -0.2) is 0 Å². The summed E-state index contributed by atoms with van der Waals surface area (Å²) in [7, 11) is 0. The number of hydrogen-bond donors (Lipinski definition) is 1. The summed E-state index contributed by atoms with van der Waals surface area (Å²) in [6.07, 6.45) is 3.58. The van der Waals surface area contributed by atoms with Crippen molar-refractivity contribution in [1.29, 1.82) is 0 Å². The largest absolute Gasteiger partial charge is 0.491 e. The minimum Gasteiger partial charge on any atom is -0.491 e. The third kappa shape index (κ3) is 3.00. The van der Waals surface area contributed by atoms with E-state index in [4.69, 9.17) is 10.5 Å². The Morgan fingerprint density at radius 2 is 2.07 bits per heavy atom. The second kappa shape index (κ2) is 4.42. The summed E-state index contributed by atoms with van der Waals surface area (Å²) < 4.78 is 5.40. The van der Waals surface area contributed by atoms with Crippen molar-refractivity contribution in [2.45, 2.75) is 26.2 Å². The Balaban J connectivity index is 2.79. The van der Waals surface area contributed by atoms with Gasteiger partial charge in [0.2, 0.25) is 0 Å². The van der Waals surface area contributed by atoms with Crippen LogP contribution in [0.2, 0.25) is 0 Å². The molecule has 0 saturated carbocycles. The molecule has 0 saturated heterocycles. The van der Waals surface area contributed by atoms with Crippen LogP contribution in [0, 0.1) is 0 Å². The van der Waals surface area contributed by atoms with Crippen molar-refractivity contribution < 1.29 is 4.74 Å². The van der Waals surface area contributed by atoms with Crippen molar-refractivity contribution in [2.75, 3.05) is 13.2 Å². The second-order valence-electron chi connectivity index (χ2n) is 4.30. The maximum absolute atomic E-state index is 5.40. The molecule has 1 rings (SSSR count). The van der Waals surface area contributed by atoms with E-state index in [0.29, 0.717) is 13.2 Å². The van der Waals surface area contributed by atoms with Gasteiger partial charge in [0, 0.05) is 12.7 Å². The topological polar surface area (TPSA) is 48.1 Å². The minimum atomic E-state index is 0.106. The van der Waals surface area contributed by atoms with E-state index < -0.39 is 0 Å². The van der Waals surface area contributed by atoms with Crippen LogP contribution in [-0.2, 0) is 5.41 Å². The Morgan fingerprint density at radius 3 is 2.64 bits per heavy atom. The first kappa shape index (κ1) is 11.0. The first-order chi connectivity index (χ1) is 6.54. The number of nitrogens with two attached hydrogens (primary N) is 1. The second-order valence-corrected chi connectivity index (χ2v) is 4.30. The van der Waals surface area contributed by atoms with Gasteiger partial charge in [0.05, 0.1) is 6.20 Å². The molecule has 0 unspecified atom stereocenters. The molecule has 78 valence electrons. The number of pyridine rings is 1. The Bertz CT molecular complexity index is 292. The Kier molecular flexibility index (Phi) is 3.47. The monoisotopic (exact) mass is 194 g/mol. The SMILES string of the molecule is CC(C)(C)c1cncc(OCCN)c1. The number of hydrogen-bond acceptors (Lipinski definition) is 3. The van der Waals surface area contributed by atoms with E-state index in [-0.39, 0.29) is 5.41 Å². The molecule has 2 N–H and O–H groups in total. The highest BCUT2D eigenvalue weighted by Gasteiger charge is 2.14. The zero-order chi connectivity index (χ0) is 10.6. The third-order valence-corrected chi connectivity index (χ3v) is 1.97. The fraction of sp³-hybridized carbons (Fsp3) is 0.545. The van der Waals surface area contributed by atoms with Gasteiger partial charge < -0.3 is 10.5 Å². The van der Waals surface area contributed by atoms with Crippen LogP contribution >= 0.6 is 0 Å². The average molecular weight is 194 g/mol. The highest BCUT2D eigenvalue weighted by molar-refractivity contribution is 5.28. The van der Waals surface area contributed by atoms with Gasteiger partial charge >= 0.3 is 0 Å². The van der Waals surface area contributed by atoms with Gasteiger partial charge in [0.15, 0.2) is 0 Å². The molecule has 1 aromatic heterocycles. The molecule has 0 bridgehead atoms. The summed E-state index contributed by atoms with van der Waals surface area (Å²) in [5, 5.41) is 0. The lowest BCUT2D eigenvalue weighted by molar-refractivity contribution is 0.326.